The lowest BCUT2D eigenvalue weighted by Gasteiger charge is -2.42. The third-order valence-electron chi connectivity index (χ3n) is 6.63. The van der Waals surface area contributed by atoms with E-state index in [4.69, 9.17) is 16.6 Å². The van der Waals surface area contributed by atoms with E-state index in [1.165, 1.54) is 12.4 Å². The molecule has 2 aliphatic heterocycles. The highest BCUT2D eigenvalue weighted by Gasteiger charge is 2.39. The second-order valence-electron chi connectivity index (χ2n) is 8.64. The Morgan fingerprint density at radius 1 is 1.35 bits per heavy atom. The third-order valence-corrected chi connectivity index (χ3v) is 8.31. The van der Waals surface area contributed by atoms with E-state index >= 15 is 4.39 Å². The maximum atomic E-state index is 15.1. The van der Waals surface area contributed by atoms with Crippen LogP contribution in [0.4, 0.5) is 15.9 Å². The second-order valence-corrected chi connectivity index (χ2v) is 10.6. The Hall–Kier alpha value is -1.84. The number of rotatable bonds is 5. The summed E-state index contributed by atoms with van der Waals surface area (Å²) < 4.78 is 27.7. The molecule has 10 heteroatoms. The van der Waals surface area contributed by atoms with E-state index in [-0.39, 0.29) is 24.6 Å². The number of aromatic nitrogens is 3. The zero-order chi connectivity index (χ0) is 21.6. The van der Waals surface area contributed by atoms with Crippen molar-refractivity contribution >= 4 is 33.9 Å². The Balaban J connectivity index is 1.40. The predicted octanol–water partition coefficient (Wildman–Crippen LogP) is 2.85. The van der Waals surface area contributed by atoms with E-state index in [0.29, 0.717) is 41.8 Å². The summed E-state index contributed by atoms with van der Waals surface area (Å²) in [6.07, 6.45) is 5.89. The van der Waals surface area contributed by atoms with Crippen molar-refractivity contribution < 1.29 is 13.7 Å². The molecule has 2 unspecified atom stereocenters. The molecule has 7 nitrogen and oxygen atoms in total. The number of aliphatic hydroxyl groups is 1. The largest absolute Gasteiger partial charge is 0.394 e. The number of nitrogens with one attached hydrogen (secondary N) is 1. The summed E-state index contributed by atoms with van der Waals surface area (Å²) in [6.45, 7) is 0.845. The van der Waals surface area contributed by atoms with E-state index in [0.717, 1.165) is 35.5 Å². The number of piperidine rings is 1. The van der Waals surface area contributed by atoms with Gasteiger partial charge in [0.05, 0.1) is 56.7 Å². The summed E-state index contributed by atoms with van der Waals surface area (Å²) in [5, 5.41) is 13.8. The lowest BCUT2D eigenvalue weighted by Crippen LogP contribution is -2.48. The molecule has 2 aromatic rings. The SMILES string of the molecule is O=[S@@]1CCc2nc(N3CCC(c4ncc(Cl)cn4)C(F)C3)cc(NC3(CO)CCC3)c21. The first kappa shape index (κ1) is 21.0. The van der Waals surface area contributed by atoms with Gasteiger partial charge in [-0.2, -0.15) is 0 Å². The number of fused-ring (bicyclic) bond motifs is 1. The molecular formula is C21H25ClFN5O2S. The summed E-state index contributed by atoms with van der Waals surface area (Å²) in [4.78, 5) is 15.8. The highest BCUT2D eigenvalue weighted by Crippen LogP contribution is 2.40. The third kappa shape index (κ3) is 3.91. The van der Waals surface area contributed by atoms with Gasteiger partial charge in [0.1, 0.15) is 17.8 Å². The fourth-order valence-corrected chi connectivity index (χ4v) is 6.12. The van der Waals surface area contributed by atoms with Gasteiger partial charge in [0.15, 0.2) is 0 Å². The molecule has 31 heavy (non-hydrogen) atoms. The number of pyridine rings is 1. The van der Waals surface area contributed by atoms with Crippen LogP contribution in [0.3, 0.4) is 0 Å². The lowest BCUT2D eigenvalue weighted by atomic mass is 9.77. The number of anilines is 2. The molecule has 5 rings (SSSR count). The quantitative estimate of drug-likeness (QED) is 0.701. The predicted molar refractivity (Wildman–Crippen MR) is 118 cm³/mol. The molecular weight excluding hydrogens is 441 g/mol. The molecule has 2 aromatic heterocycles. The minimum atomic E-state index is -1.13. The molecule has 1 saturated heterocycles. The average Bonchev–Trinajstić information content (AvgIpc) is 3.12. The van der Waals surface area contributed by atoms with Gasteiger partial charge in [0.25, 0.3) is 0 Å². The summed E-state index contributed by atoms with van der Waals surface area (Å²) in [5.41, 5.74) is 1.22. The van der Waals surface area contributed by atoms with Crippen LogP contribution >= 0.6 is 11.6 Å². The maximum absolute atomic E-state index is 15.1. The molecule has 3 atom stereocenters. The number of aryl methyl sites for hydroxylation is 1. The Bertz CT molecular complexity index is 998. The number of aliphatic hydroxyl groups excluding tert-OH is 1. The van der Waals surface area contributed by atoms with Crippen molar-refractivity contribution in [3.05, 3.63) is 35.0 Å². The van der Waals surface area contributed by atoms with Crippen LogP contribution in [0.15, 0.2) is 23.4 Å². The first-order chi connectivity index (χ1) is 15.0. The Morgan fingerprint density at radius 3 is 2.77 bits per heavy atom. The zero-order valence-corrected chi connectivity index (χ0v) is 18.6. The fourth-order valence-electron chi connectivity index (χ4n) is 4.67. The normalized spacial score (nSPS) is 26.9. The number of hydrogen-bond acceptors (Lipinski definition) is 7. The number of alkyl halides is 1. The van der Waals surface area contributed by atoms with E-state index < -0.39 is 17.0 Å². The molecule has 2 N–H and O–H groups in total. The molecule has 1 saturated carbocycles. The van der Waals surface area contributed by atoms with E-state index in [1.54, 1.807) is 0 Å². The van der Waals surface area contributed by atoms with Gasteiger partial charge in [-0.3, -0.25) is 4.21 Å². The van der Waals surface area contributed by atoms with Gasteiger partial charge in [-0.05, 0) is 25.7 Å². The van der Waals surface area contributed by atoms with Crippen LogP contribution in [0.5, 0.6) is 0 Å². The van der Waals surface area contributed by atoms with E-state index in [1.807, 2.05) is 11.0 Å². The van der Waals surface area contributed by atoms with Crippen LogP contribution in [0.1, 0.15) is 43.1 Å². The number of hydrogen-bond donors (Lipinski definition) is 2. The van der Waals surface area contributed by atoms with Gasteiger partial charge in [-0.15, -0.1) is 0 Å². The van der Waals surface area contributed by atoms with Gasteiger partial charge < -0.3 is 15.3 Å². The summed E-state index contributed by atoms with van der Waals surface area (Å²) in [5.74, 6) is 1.34. The van der Waals surface area contributed by atoms with Gasteiger partial charge in [-0.25, -0.2) is 19.3 Å². The summed E-state index contributed by atoms with van der Waals surface area (Å²) >= 11 is 5.85. The molecule has 0 amide bonds. The Kier molecular flexibility index (Phi) is 5.60. The molecule has 0 aromatic carbocycles. The second kappa shape index (κ2) is 8.26. The molecule has 4 heterocycles. The smallest absolute Gasteiger partial charge is 0.134 e. The highest BCUT2D eigenvalue weighted by molar-refractivity contribution is 7.85. The topological polar surface area (TPSA) is 91.2 Å². The van der Waals surface area contributed by atoms with Crippen LogP contribution in [-0.4, -0.2) is 61.4 Å². The maximum Gasteiger partial charge on any atom is 0.134 e. The molecule has 2 fully saturated rings. The van der Waals surface area contributed by atoms with Gasteiger partial charge in [-0.1, -0.05) is 11.6 Å². The Morgan fingerprint density at radius 2 is 2.13 bits per heavy atom. The van der Waals surface area contributed by atoms with Crippen molar-refractivity contribution in [3.63, 3.8) is 0 Å². The highest BCUT2D eigenvalue weighted by atomic mass is 35.5. The monoisotopic (exact) mass is 465 g/mol. The van der Waals surface area contributed by atoms with Crippen LogP contribution in [-0.2, 0) is 17.2 Å². The number of halogens is 2. The van der Waals surface area contributed by atoms with Crippen LogP contribution in [0, 0.1) is 0 Å². The van der Waals surface area contributed by atoms with Gasteiger partial charge in [0.2, 0.25) is 0 Å². The average molecular weight is 466 g/mol. The minimum Gasteiger partial charge on any atom is -0.394 e. The molecule has 0 bridgehead atoms. The fraction of sp³-hybridized carbons (Fsp3) is 0.571. The van der Waals surface area contributed by atoms with E-state index in [2.05, 4.69) is 15.3 Å². The van der Waals surface area contributed by atoms with Crippen LogP contribution < -0.4 is 10.2 Å². The molecule has 3 aliphatic rings. The van der Waals surface area contributed by atoms with Crippen molar-refractivity contribution in [2.45, 2.75) is 54.6 Å². The lowest BCUT2D eigenvalue weighted by molar-refractivity contribution is 0.144. The van der Waals surface area contributed by atoms with Crippen molar-refractivity contribution in [1.29, 1.82) is 0 Å². The standard InChI is InChI=1S/C21H25ClFN5O2S/c22-13-9-24-20(25-10-13)14-2-6-28(11-15(14)23)18-8-17(27-21(12-29)4-1-5-21)19-16(26-18)3-7-31(19)30/h8-10,14-15,29H,1-7,11-12H2,(H,26,27)/t14?,15?,31-/m1/s1. The minimum absolute atomic E-state index is 0.0328. The van der Waals surface area contributed by atoms with Crippen molar-refractivity contribution in [3.8, 4) is 0 Å². The number of nitrogens with zero attached hydrogens (tertiary/aromatic N) is 4. The van der Waals surface area contributed by atoms with Gasteiger partial charge in [0, 0.05) is 37.2 Å². The van der Waals surface area contributed by atoms with E-state index in [9.17, 15) is 9.32 Å². The molecule has 0 spiro atoms. The van der Waals surface area contributed by atoms with Crippen LogP contribution in [0.2, 0.25) is 5.02 Å². The zero-order valence-electron chi connectivity index (χ0n) is 17.1. The van der Waals surface area contributed by atoms with Crippen molar-refractivity contribution in [1.82, 2.24) is 15.0 Å². The van der Waals surface area contributed by atoms with Crippen LogP contribution in [0.25, 0.3) is 0 Å². The molecule has 0 radical (unpaired) electrons. The molecule has 1 aliphatic carbocycles. The first-order valence-corrected chi connectivity index (χ1v) is 12.4. The summed E-state index contributed by atoms with van der Waals surface area (Å²) in [6, 6.07) is 1.88. The van der Waals surface area contributed by atoms with Crippen molar-refractivity contribution in [2.75, 3.05) is 35.7 Å². The van der Waals surface area contributed by atoms with Crippen molar-refractivity contribution in [2.24, 2.45) is 0 Å². The Labute approximate surface area is 187 Å². The first-order valence-electron chi connectivity index (χ1n) is 10.7. The summed E-state index contributed by atoms with van der Waals surface area (Å²) in [7, 11) is -1.10. The molecule has 166 valence electrons. The van der Waals surface area contributed by atoms with Gasteiger partial charge >= 0.3 is 0 Å².